The summed E-state index contributed by atoms with van der Waals surface area (Å²) in [6.45, 7) is 2.23. The largest absolute Gasteiger partial charge is 0.491 e. The summed E-state index contributed by atoms with van der Waals surface area (Å²) in [6, 6.07) is 17.4. The van der Waals surface area contributed by atoms with E-state index in [9.17, 15) is 5.11 Å². The molecule has 1 aromatic heterocycles. The monoisotopic (exact) mass is 308 g/mol. The van der Waals surface area contributed by atoms with Crippen molar-refractivity contribution < 1.29 is 9.84 Å². The number of nitrogen functional groups attached to an aromatic ring is 1. The van der Waals surface area contributed by atoms with Gasteiger partial charge in [0, 0.05) is 16.6 Å². The topological polar surface area (TPSA) is 68.4 Å². The number of pyridine rings is 1. The number of anilines is 1. The quantitative estimate of drug-likeness (QED) is 0.706. The lowest BCUT2D eigenvalue weighted by atomic mass is 10.1. The average molecular weight is 308 g/mol. The molecule has 0 fully saturated rings. The van der Waals surface area contributed by atoms with Gasteiger partial charge < -0.3 is 15.6 Å². The number of aliphatic hydroxyl groups excluding tert-OH is 1. The van der Waals surface area contributed by atoms with Crippen molar-refractivity contribution >= 4 is 16.6 Å². The summed E-state index contributed by atoms with van der Waals surface area (Å²) >= 11 is 0. The summed E-state index contributed by atoms with van der Waals surface area (Å²) in [4.78, 5) is 4.68. The fraction of sp³-hybridized carbons (Fsp3) is 0.211. The molecule has 1 atom stereocenters. The van der Waals surface area contributed by atoms with Crippen molar-refractivity contribution in [3.8, 4) is 17.0 Å². The number of hydrogen-bond acceptors (Lipinski definition) is 4. The molecule has 4 heteroatoms. The Labute approximate surface area is 135 Å². The summed E-state index contributed by atoms with van der Waals surface area (Å²) < 4.78 is 5.60. The summed E-state index contributed by atoms with van der Waals surface area (Å²) in [5, 5.41) is 10.6. The van der Waals surface area contributed by atoms with Crippen molar-refractivity contribution in [2.45, 2.75) is 19.4 Å². The van der Waals surface area contributed by atoms with Crippen LogP contribution in [0.2, 0.25) is 0 Å². The molecule has 0 bridgehead atoms. The molecule has 3 N–H and O–H groups in total. The Balaban J connectivity index is 1.85. The number of aromatic nitrogens is 1. The van der Waals surface area contributed by atoms with Crippen LogP contribution < -0.4 is 10.5 Å². The van der Waals surface area contributed by atoms with Gasteiger partial charge in [0.05, 0.1) is 17.3 Å². The van der Waals surface area contributed by atoms with Gasteiger partial charge in [0.2, 0.25) is 0 Å². The summed E-state index contributed by atoms with van der Waals surface area (Å²) in [7, 11) is 0. The maximum Gasteiger partial charge on any atom is 0.120 e. The highest BCUT2D eigenvalue weighted by molar-refractivity contribution is 5.83. The molecular weight excluding hydrogens is 288 g/mol. The second-order valence-electron chi connectivity index (χ2n) is 5.55. The third kappa shape index (κ3) is 3.60. The third-order valence-corrected chi connectivity index (χ3v) is 3.78. The smallest absolute Gasteiger partial charge is 0.120 e. The average Bonchev–Trinajstić information content (AvgIpc) is 2.59. The first kappa shape index (κ1) is 15.3. The zero-order valence-corrected chi connectivity index (χ0v) is 13.1. The minimum Gasteiger partial charge on any atom is -0.491 e. The van der Waals surface area contributed by atoms with Crippen LogP contribution in [0, 0.1) is 0 Å². The highest BCUT2D eigenvalue weighted by atomic mass is 16.5. The second-order valence-corrected chi connectivity index (χ2v) is 5.55. The summed E-state index contributed by atoms with van der Waals surface area (Å²) in [6.07, 6.45) is 0.247. The lowest BCUT2D eigenvalue weighted by Crippen LogP contribution is -2.15. The van der Waals surface area contributed by atoms with E-state index in [2.05, 4.69) is 4.98 Å². The predicted octanol–water partition coefficient (Wildman–Crippen LogP) is 3.63. The first-order chi connectivity index (χ1) is 11.2. The van der Waals surface area contributed by atoms with E-state index >= 15 is 0 Å². The van der Waals surface area contributed by atoms with Crippen LogP contribution in [0.1, 0.15) is 13.3 Å². The van der Waals surface area contributed by atoms with Crippen LogP contribution in [0.25, 0.3) is 22.2 Å². The zero-order valence-electron chi connectivity index (χ0n) is 13.1. The second kappa shape index (κ2) is 6.67. The Morgan fingerprint density at radius 2 is 1.87 bits per heavy atom. The van der Waals surface area contributed by atoms with Gasteiger partial charge in [-0.1, -0.05) is 25.1 Å². The molecule has 1 heterocycles. The van der Waals surface area contributed by atoms with E-state index < -0.39 is 6.10 Å². The van der Waals surface area contributed by atoms with E-state index in [1.54, 1.807) is 0 Å². The van der Waals surface area contributed by atoms with E-state index in [1.165, 1.54) is 0 Å². The van der Waals surface area contributed by atoms with E-state index in [-0.39, 0.29) is 0 Å². The van der Waals surface area contributed by atoms with Crippen LogP contribution in [-0.4, -0.2) is 22.8 Å². The number of aliphatic hydroxyl groups is 1. The molecule has 3 rings (SSSR count). The van der Waals surface area contributed by atoms with Gasteiger partial charge >= 0.3 is 0 Å². The Morgan fingerprint density at radius 1 is 1.09 bits per heavy atom. The molecule has 0 saturated carbocycles. The van der Waals surface area contributed by atoms with E-state index in [0.29, 0.717) is 13.0 Å². The van der Waals surface area contributed by atoms with Crippen molar-refractivity contribution in [3.05, 3.63) is 54.6 Å². The Bertz CT molecular complexity index is 800. The first-order valence-corrected chi connectivity index (χ1v) is 7.73. The molecule has 1 unspecified atom stereocenters. The molecule has 0 aliphatic rings. The Morgan fingerprint density at radius 3 is 2.61 bits per heavy atom. The number of nitrogens with zero attached hydrogens (tertiary/aromatic N) is 1. The fourth-order valence-corrected chi connectivity index (χ4v) is 2.32. The van der Waals surface area contributed by atoms with Crippen molar-refractivity contribution in [2.75, 3.05) is 12.3 Å². The van der Waals surface area contributed by atoms with Crippen molar-refractivity contribution in [3.63, 3.8) is 0 Å². The predicted molar refractivity (Wildman–Crippen MR) is 93.4 cm³/mol. The molecule has 4 nitrogen and oxygen atoms in total. The summed E-state index contributed by atoms with van der Waals surface area (Å²) in [5.74, 6) is 0.743. The molecule has 3 aromatic rings. The van der Waals surface area contributed by atoms with Crippen LogP contribution in [0.4, 0.5) is 5.69 Å². The maximum atomic E-state index is 9.57. The highest BCUT2D eigenvalue weighted by Gasteiger charge is 2.05. The van der Waals surface area contributed by atoms with Crippen molar-refractivity contribution in [1.82, 2.24) is 4.98 Å². The molecule has 0 radical (unpaired) electrons. The van der Waals surface area contributed by atoms with E-state index in [0.717, 1.165) is 33.6 Å². The number of rotatable bonds is 5. The molecule has 0 saturated heterocycles. The fourth-order valence-electron chi connectivity index (χ4n) is 2.32. The van der Waals surface area contributed by atoms with Crippen molar-refractivity contribution in [1.29, 1.82) is 0 Å². The minimum absolute atomic E-state index is 0.305. The van der Waals surface area contributed by atoms with Gasteiger partial charge in [0.25, 0.3) is 0 Å². The van der Waals surface area contributed by atoms with Crippen LogP contribution in [0.5, 0.6) is 5.75 Å². The van der Waals surface area contributed by atoms with Gasteiger partial charge in [-0.25, -0.2) is 4.98 Å². The Kier molecular flexibility index (Phi) is 4.44. The van der Waals surface area contributed by atoms with Gasteiger partial charge in [-0.3, -0.25) is 0 Å². The number of fused-ring (bicyclic) bond motifs is 1. The number of hydrogen-bond donors (Lipinski definition) is 2. The van der Waals surface area contributed by atoms with Gasteiger partial charge in [0.1, 0.15) is 12.4 Å². The van der Waals surface area contributed by atoms with Crippen molar-refractivity contribution in [2.24, 2.45) is 0 Å². The van der Waals surface area contributed by atoms with Gasteiger partial charge in [-0.2, -0.15) is 0 Å². The van der Waals surface area contributed by atoms with E-state index in [1.807, 2.05) is 61.5 Å². The normalized spacial score (nSPS) is 12.3. The number of nitrogens with two attached hydrogens (primary N) is 1. The molecular formula is C19H20N2O2. The summed E-state index contributed by atoms with van der Waals surface area (Å²) in [5.41, 5.74) is 9.31. The van der Waals surface area contributed by atoms with Gasteiger partial charge in [-0.15, -0.1) is 0 Å². The molecule has 23 heavy (non-hydrogen) atoms. The zero-order chi connectivity index (χ0) is 16.2. The van der Waals surface area contributed by atoms with Gasteiger partial charge in [-0.05, 0) is 42.8 Å². The minimum atomic E-state index is -0.434. The van der Waals surface area contributed by atoms with Crippen LogP contribution in [0.3, 0.4) is 0 Å². The molecule has 0 aliphatic carbocycles. The third-order valence-electron chi connectivity index (χ3n) is 3.78. The maximum absolute atomic E-state index is 9.57. The molecule has 0 amide bonds. The Hall–Kier alpha value is -2.59. The molecule has 0 spiro atoms. The molecule has 2 aromatic carbocycles. The SMILES string of the molecule is CCC(O)COc1ccc2nc(-c3ccc(N)cc3)ccc2c1. The van der Waals surface area contributed by atoms with E-state index in [4.69, 9.17) is 10.5 Å². The standard InChI is InChI=1S/C19H20N2O2/c1-2-16(22)12-23-17-8-10-19-14(11-17)5-9-18(21-19)13-3-6-15(20)7-4-13/h3-11,16,22H,2,12,20H2,1H3. The lowest BCUT2D eigenvalue weighted by Gasteiger charge is -2.11. The van der Waals surface area contributed by atoms with Crippen LogP contribution >= 0.6 is 0 Å². The first-order valence-electron chi connectivity index (χ1n) is 7.73. The van der Waals surface area contributed by atoms with Crippen LogP contribution in [-0.2, 0) is 0 Å². The molecule has 0 aliphatic heterocycles. The highest BCUT2D eigenvalue weighted by Crippen LogP contribution is 2.24. The molecule has 118 valence electrons. The van der Waals surface area contributed by atoms with Crippen LogP contribution in [0.15, 0.2) is 54.6 Å². The lowest BCUT2D eigenvalue weighted by molar-refractivity contribution is 0.104. The number of ether oxygens (including phenoxy) is 1. The number of benzene rings is 2. The van der Waals surface area contributed by atoms with Gasteiger partial charge in [0.15, 0.2) is 0 Å².